The summed E-state index contributed by atoms with van der Waals surface area (Å²) in [4.78, 5) is 21.9. The van der Waals surface area contributed by atoms with Crippen LogP contribution in [0.4, 0.5) is 13.2 Å². The lowest BCUT2D eigenvalue weighted by molar-refractivity contribution is -0.141. The second kappa shape index (κ2) is 13.4. The smallest absolute Gasteiger partial charge is 0.389 e. The van der Waals surface area contributed by atoms with Crippen LogP contribution in [0, 0.1) is 11.8 Å². The Kier molecular flexibility index (Phi) is 9.44. The highest BCUT2D eigenvalue weighted by atomic mass is 19.4. The van der Waals surface area contributed by atoms with Gasteiger partial charge in [-0.15, -0.1) is 0 Å². The number of aromatic nitrogens is 2. The predicted octanol–water partition coefficient (Wildman–Crippen LogP) is 6.35. The van der Waals surface area contributed by atoms with E-state index in [1.807, 2.05) is 30.3 Å². The summed E-state index contributed by atoms with van der Waals surface area (Å²) in [6.07, 6.45) is -2.27. The number of carbonyl (C=O) groups is 1. The van der Waals surface area contributed by atoms with Gasteiger partial charge in [0.1, 0.15) is 18.9 Å². The monoisotopic (exact) mass is 595 g/mol. The number of aliphatic imine (C=N–C) groups is 1. The second-order valence-corrected chi connectivity index (χ2v) is 10.6. The zero-order chi connectivity index (χ0) is 30.4. The van der Waals surface area contributed by atoms with E-state index in [0.29, 0.717) is 55.5 Å². The number of halogens is 3. The molecule has 0 aliphatic carbocycles. The maximum Gasteiger partial charge on any atom is 0.389 e. The number of fused-ring (bicyclic) bond motifs is 4. The molecule has 0 saturated carbocycles. The van der Waals surface area contributed by atoms with Crippen LogP contribution in [-0.2, 0) is 22.7 Å². The Morgan fingerprint density at radius 1 is 1.12 bits per heavy atom. The van der Waals surface area contributed by atoms with Gasteiger partial charge in [0.15, 0.2) is 11.5 Å². The van der Waals surface area contributed by atoms with Crippen LogP contribution in [0.25, 0.3) is 0 Å². The minimum absolute atomic E-state index is 0.0183. The summed E-state index contributed by atoms with van der Waals surface area (Å²) in [5.74, 6) is -0.633. The van der Waals surface area contributed by atoms with Gasteiger partial charge in [-0.05, 0) is 31.0 Å². The fourth-order valence-corrected chi connectivity index (χ4v) is 5.31. The quantitative estimate of drug-likeness (QED) is 0.253. The number of ketones is 1. The Labute approximate surface area is 246 Å². The zero-order valence-electron chi connectivity index (χ0n) is 23.9. The number of pyridine rings is 1. The molecule has 2 aliphatic heterocycles. The summed E-state index contributed by atoms with van der Waals surface area (Å²) in [6.45, 7) is 2.58. The number of hydrogen-bond acceptors (Lipinski definition) is 9. The molecule has 0 amide bonds. The minimum atomic E-state index is -4.41. The number of Topliss-reactive ketones (excluding diaryl/α,β-unsaturated/α-hetero) is 1. The summed E-state index contributed by atoms with van der Waals surface area (Å²) in [7, 11) is 1.59. The largest absolute Gasteiger partial charge is 0.471 e. The number of rotatable bonds is 10. The standard InChI is InChI=1S/C31H32F3N5O4/c1-3-6-20(15-31(32,33)34)29(40)21-9-10-22(36-16-21)17-42-30-25-8-5-4-7-24(25)26-13-19(11-12-35-30)28(38-37-26)27-14-23(18-41-2)43-39-27/h4-5,7-10,14,16,19-20H,3,6,11-13,15,17-18H2,1-2H3. The molecule has 43 heavy (non-hydrogen) atoms. The van der Waals surface area contributed by atoms with Gasteiger partial charge in [0.2, 0.25) is 5.90 Å². The van der Waals surface area contributed by atoms with Crippen molar-refractivity contribution in [3.8, 4) is 0 Å². The predicted molar refractivity (Wildman–Crippen MR) is 153 cm³/mol. The summed E-state index contributed by atoms with van der Waals surface area (Å²) in [6, 6.07) is 12.6. The molecule has 1 aromatic carbocycles. The number of benzene rings is 1. The third kappa shape index (κ3) is 7.42. The van der Waals surface area contributed by atoms with E-state index in [2.05, 4.69) is 20.3 Å². The number of hydrogen-bond donors (Lipinski definition) is 0. The van der Waals surface area contributed by atoms with E-state index in [-0.39, 0.29) is 24.5 Å². The molecule has 2 bridgehead atoms. The maximum atomic E-state index is 13.0. The molecule has 5 rings (SSSR count). The van der Waals surface area contributed by atoms with Crippen molar-refractivity contribution in [1.82, 2.24) is 10.1 Å². The highest BCUT2D eigenvalue weighted by Gasteiger charge is 2.35. The Morgan fingerprint density at radius 3 is 2.65 bits per heavy atom. The summed E-state index contributed by atoms with van der Waals surface area (Å²) >= 11 is 0. The average molecular weight is 596 g/mol. The Hall–Kier alpha value is -4.19. The van der Waals surface area contributed by atoms with Gasteiger partial charge in [0.25, 0.3) is 0 Å². The molecular weight excluding hydrogens is 563 g/mol. The molecule has 2 unspecified atom stereocenters. The van der Waals surface area contributed by atoms with Gasteiger partial charge in [0, 0.05) is 60.9 Å². The highest BCUT2D eigenvalue weighted by molar-refractivity contribution is 6.14. The minimum Gasteiger partial charge on any atom is -0.471 e. The topological polar surface area (TPSA) is 112 Å². The van der Waals surface area contributed by atoms with Crippen molar-refractivity contribution >= 4 is 23.1 Å². The van der Waals surface area contributed by atoms with Crippen LogP contribution in [0.3, 0.4) is 0 Å². The zero-order valence-corrected chi connectivity index (χ0v) is 23.9. The Balaban J connectivity index is 1.32. The lowest BCUT2D eigenvalue weighted by Crippen LogP contribution is -2.24. The van der Waals surface area contributed by atoms with Crippen molar-refractivity contribution in [3.05, 3.63) is 82.5 Å². The van der Waals surface area contributed by atoms with E-state index in [1.54, 1.807) is 20.1 Å². The number of ether oxygens (including phenoxy) is 2. The van der Waals surface area contributed by atoms with Crippen LogP contribution in [-0.4, -0.2) is 53.1 Å². The summed E-state index contributed by atoms with van der Waals surface area (Å²) in [5.41, 5.74) is 4.47. The molecule has 3 aromatic rings. The molecule has 0 N–H and O–H groups in total. The van der Waals surface area contributed by atoms with Gasteiger partial charge >= 0.3 is 6.18 Å². The van der Waals surface area contributed by atoms with Gasteiger partial charge in [-0.25, -0.2) is 0 Å². The molecule has 226 valence electrons. The Bertz CT molecular complexity index is 1530. The number of methoxy groups -OCH3 is 1. The van der Waals surface area contributed by atoms with E-state index >= 15 is 0 Å². The van der Waals surface area contributed by atoms with Crippen LogP contribution in [0.1, 0.15) is 77.7 Å². The lowest BCUT2D eigenvalue weighted by Gasteiger charge is -2.21. The van der Waals surface area contributed by atoms with Crippen molar-refractivity contribution in [2.24, 2.45) is 27.0 Å². The molecule has 12 heteroatoms. The van der Waals surface area contributed by atoms with Crippen LogP contribution in [0.5, 0.6) is 0 Å². The van der Waals surface area contributed by atoms with E-state index in [0.717, 1.165) is 22.6 Å². The van der Waals surface area contributed by atoms with Crippen molar-refractivity contribution in [3.63, 3.8) is 0 Å². The normalized spacial score (nSPS) is 17.4. The number of nitrogens with zero attached hydrogens (tertiary/aromatic N) is 5. The molecule has 2 aliphatic rings. The molecule has 4 heterocycles. The van der Waals surface area contributed by atoms with Crippen LogP contribution in [0.2, 0.25) is 0 Å². The molecule has 9 nitrogen and oxygen atoms in total. The molecule has 0 saturated heterocycles. The molecule has 2 atom stereocenters. The van der Waals surface area contributed by atoms with E-state index in [1.165, 1.54) is 12.3 Å². The highest BCUT2D eigenvalue weighted by Crippen LogP contribution is 2.30. The third-order valence-electron chi connectivity index (χ3n) is 7.37. The average Bonchev–Trinajstić information content (AvgIpc) is 3.47. The summed E-state index contributed by atoms with van der Waals surface area (Å²) in [5, 5.41) is 13.2. The second-order valence-electron chi connectivity index (χ2n) is 10.6. The van der Waals surface area contributed by atoms with Gasteiger partial charge in [-0.3, -0.25) is 14.8 Å². The van der Waals surface area contributed by atoms with E-state index in [9.17, 15) is 18.0 Å². The lowest BCUT2D eigenvalue weighted by atomic mass is 9.87. The van der Waals surface area contributed by atoms with Crippen molar-refractivity contribution in [1.29, 1.82) is 0 Å². The molecule has 2 aromatic heterocycles. The molecule has 0 radical (unpaired) electrons. The maximum absolute atomic E-state index is 13.0. The van der Waals surface area contributed by atoms with Crippen LogP contribution >= 0.6 is 0 Å². The summed E-state index contributed by atoms with van der Waals surface area (Å²) < 4.78 is 55.7. The van der Waals surface area contributed by atoms with Gasteiger partial charge in [-0.1, -0.05) is 36.7 Å². The fourth-order valence-electron chi connectivity index (χ4n) is 5.31. The SMILES string of the molecule is CCCC(CC(F)(F)F)C(=O)c1ccc(COC2=NCCC3CC(=NN=C3c3cc(COC)on3)c3ccccc32)nc1. The first kappa shape index (κ1) is 30.3. The molecular formula is C31H32F3N5O4. The number of carbonyl (C=O) groups excluding carboxylic acids is 1. The molecule has 0 fully saturated rings. The first-order chi connectivity index (χ1) is 20.8. The molecule has 0 spiro atoms. The van der Waals surface area contributed by atoms with Gasteiger partial charge in [-0.2, -0.15) is 23.4 Å². The van der Waals surface area contributed by atoms with Crippen molar-refractivity contribution < 1.29 is 32.0 Å². The van der Waals surface area contributed by atoms with Crippen LogP contribution in [0.15, 0.2) is 68.4 Å². The van der Waals surface area contributed by atoms with E-state index in [4.69, 9.17) is 19.0 Å². The van der Waals surface area contributed by atoms with Gasteiger partial charge < -0.3 is 14.0 Å². The van der Waals surface area contributed by atoms with Crippen molar-refractivity contribution in [2.45, 2.75) is 58.4 Å². The first-order valence-corrected chi connectivity index (χ1v) is 14.2. The number of alkyl halides is 3. The fraction of sp³-hybridized carbons (Fsp3) is 0.419. The van der Waals surface area contributed by atoms with E-state index < -0.39 is 24.3 Å². The Morgan fingerprint density at radius 2 is 1.93 bits per heavy atom. The van der Waals surface area contributed by atoms with Crippen LogP contribution < -0.4 is 0 Å². The first-order valence-electron chi connectivity index (χ1n) is 14.2. The van der Waals surface area contributed by atoms with Gasteiger partial charge in [0.05, 0.1) is 23.5 Å². The third-order valence-corrected chi connectivity index (χ3v) is 7.37. The van der Waals surface area contributed by atoms with Crippen molar-refractivity contribution in [2.75, 3.05) is 13.7 Å².